The SMILES string of the molecule is Cc1ccc(/C=C/c2ccc(-c3ccc(-c4ccc(-c5ccc(/C=C/c6ccc(C(F)(F)F)cc6)cc5)s4)s3)cc2)cc1. The minimum atomic E-state index is -4.32. The van der Waals surface area contributed by atoms with Crippen molar-refractivity contribution >= 4 is 47.0 Å². The van der Waals surface area contributed by atoms with Gasteiger partial charge >= 0.3 is 6.18 Å². The van der Waals surface area contributed by atoms with Crippen molar-refractivity contribution in [1.82, 2.24) is 0 Å². The number of hydrogen-bond donors (Lipinski definition) is 0. The van der Waals surface area contributed by atoms with Crippen molar-refractivity contribution in [1.29, 1.82) is 0 Å². The van der Waals surface area contributed by atoms with Gasteiger partial charge in [0.25, 0.3) is 0 Å². The first-order chi connectivity index (χ1) is 20.8. The molecule has 0 aliphatic rings. The Balaban J connectivity index is 1.10. The zero-order valence-electron chi connectivity index (χ0n) is 23.3. The number of thiophene rings is 2. The van der Waals surface area contributed by atoms with Gasteiger partial charge in [0.05, 0.1) is 5.56 Å². The second-order valence-corrected chi connectivity index (χ2v) is 12.4. The fraction of sp³-hybridized carbons (Fsp3) is 0.0526. The first-order valence-electron chi connectivity index (χ1n) is 13.8. The van der Waals surface area contributed by atoms with E-state index in [1.54, 1.807) is 22.7 Å². The number of aryl methyl sites for hydroxylation is 1. The highest BCUT2D eigenvalue weighted by atomic mass is 32.1. The van der Waals surface area contributed by atoms with Gasteiger partial charge in [0.15, 0.2) is 0 Å². The van der Waals surface area contributed by atoms with Crippen LogP contribution in [0.5, 0.6) is 0 Å². The highest BCUT2D eigenvalue weighted by molar-refractivity contribution is 7.25. The fourth-order valence-corrected chi connectivity index (χ4v) is 6.73. The molecule has 0 saturated carbocycles. The van der Waals surface area contributed by atoms with Gasteiger partial charge in [-0.25, -0.2) is 0 Å². The summed E-state index contributed by atoms with van der Waals surface area (Å²) in [5.41, 5.74) is 7.04. The smallest absolute Gasteiger partial charge is 0.166 e. The molecule has 0 spiro atoms. The molecule has 0 unspecified atom stereocenters. The predicted octanol–water partition coefficient (Wildman–Crippen LogP) is 12.5. The first kappa shape index (κ1) is 28.7. The largest absolute Gasteiger partial charge is 0.416 e. The minimum absolute atomic E-state index is 0.639. The molecule has 0 aliphatic carbocycles. The van der Waals surface area contributed by atoms with E-state index in [0.29, 0.717) is 0 Å². The van der Waals surface area contributed by atoms with E-state index in [0.717, 1.165) is 28.8 Å². The third-order valence-electron chi connectivity index (χ3n) is 7.10. The minimum Gasteiger partial charge on any atom is -0.166 e. The zero-order valence-corrected chi connectivity index (χ0v) is 24.9. The molecule has 6 rings (SSSR count). The van der Waals surface area contributed by atoms with E-state index < -0.39 is 11.7 Å². The Morgan fingerprint density at radius 2 is 0.744 bits per heavy atom. The summed E-state index contributed by atoms with van der Waals surface area (Å²) in [4.78, 5) is 4.90. The van der Waals surface area contributed by atoms with Crippen LogP contribution in [0, 0.1) is 6.92 Å². The molecule has 0 nitrogen and oxygen atoms in total. The van der Waals surface area contributed by atoms with Crippen molar-refractivity contribution in [3.63, 3.8) is 0 Å². The van der Waals surface area contributed by atoms with Gasteiger partial charge in [0.2, 0.25) is 0 Å². The highest BCUT2D eigenvalue weighted by Gasteiger charge is 2.29. The van der Waals surface area contributed by atoms with Crippen LogP contribution in [0.4, 0.5) is 13.2 Å². The molecule has 0 atom stereocenters. The Hall–Kier alpha value is -4.45. The average molecular weight is 605 g/mol. The van der Waals surface area contributed by atoms with Gasteiger partial charge in [-0.1, -0.05) is 115 Å². The number of hydrogen-bond acceptors (Lipinski definition) is 2. The number of alkyl halides is 3. The van der Waals surface area contributed by atoms with E-state index >= 15 is 0 Å². The number of rotatable bonds is 7. The van der Waals surface area contributed by atoms with Crippen LogP contribution in [0.1, 0.15) is 33.4 Å². The normalized spacial score (nSPS) is 12.0. The molecule has 5 heteroatoms. The van der Waals surface area contributed by atoms with Crippen LogP contribution in [-0.4, -0.2) is 0 Å². The molecule has 2 aromatic heterocycles. The first-order valence-corrected chi connectivity index (χ1v) is 15.4. The average Bonchev–Trinajstić information content (AvgIpc) is 3.71. The quantitative estimate of drug-likeness (QED) is 0.159. The molecule has 6 aromatic rings. The van der Waals surface area contributed by atoms with Crippen LogP contribution in [0.15, 0.2) is 121 Å². The van der Waals surface area contributed by atoms with E-state index in [9.17, 15) is 13.2 Å². The molecule has 4 aromatic carbocycles. The van der Waals surface area contributed by atoms with Crippen LogP contribution >= 0.6 is 22.7 Å². The van der Waals surface area contributed by atoms with Gasteiger partial charge in [0, 0.05) is 19.5 Å². The molecule has 0 bridgehead atoms. The Kier molecular flexibility index (Phi) is 8.28. The van der Waals surface area contributed by atoms with Gasteiger partial charge in [-0.15, -0.1) is 22.7 Å². The maximum atomic E-state index is 12.8. The van der Waals surface area contributed by atoms with E-state index in [1.165, 1.54) is 53.9 Å². The molecule has 0 N–H and O–H groups in total. The van der Waals surface area contributed by atoms with Crippen molar-refractivity contribution in [3.05, 3.63) is 155 Å². The summed E-state index contributed by atoms with van der Waals surface area (Å²) in [6, 6.07) is 39.3. The zero-order chi connectivity index (χ0) is 29.8. The second-order valence-electron chi connectivity index (χ2n) is 10.3. The number of benzene rings is 4. The third-order valence-corrected chi connectivity index (χ3v) is 9.56. The van der Waals surface area contributed by atoms with Gasteiger partial charge in [-0.2, -0.15) is 13.2 Å². The Morgan fingerprint density at radius 1 is 0.419 bits per heavy atom. The molecule has 0 radical (unpaired) electrons. The lowest BCUT2D eigenvalue weighted by molar-refractivity contribution is -0.137. The number of halogens is 3. The molecule has 2 heterocycles. The third kappa shape index (κ3) is 7.14. The lowest BCUT2D eigenvalue weighted by atomic mass is 10.1. The Labute approximate surface area is 257 Å². The molecular weight excluding hydrogens is 578 g/mol. The Bertz CT molecular complexity index is 1870. The van der Waals surface area contributed by atoms with Crippen molar-refractivity contribution in [2.45, 2.75) is 13.1 Å². The van der Waals surface area contributed by atoms with Crippen LogP contribution < -0.4 is 0 Å². The maximum absolute atomic E-state index is 12.8. The standard InChI is InChI=1S/C38H27F3S2/c1-26-2-4-27(5-3-26)6-7-28-10-16-31(17-11-28)34-22-24-36(42-34)37-25-23-35(43-37)32-18-12-29(13-19-32)8-9-30-14-20-33(21-15-30)38(39,40)41/h2-25H,1H3/b7-6+,9-8+. The van der Waals surface area contributed by atoms with Crippen molar-refractivity contribution in [2.75, 3.05) is 0 Å². The Morgan fingerprint density at radius 3 is 1.12 bits per heavy atom. The van der Waals surface area contributed by atoms with E-state index in [-0.39, 0.29) is 0 Å². The molecular formula is C38H27F3S2. The molecule has 0 fully saturated rings. The summed E-state index contributed by atoms with van der Waals surface area (Å²) in [5.74, 6) is 0. The van der Waals surface area contributed by atoms with E-state index in [1.807, 2.05) is 24.3 Å². The van der Waals surface area contributed by atoms with Crippen molar-refractivity contribution in [3.8, 4) is 30.6 Å². The van der Waals surface area contributed by atoms with Gasteiger partial charge in [0.1, 0.15) is 0 Å². The predicted molar refractivity (Wildman–Crippen MR) is 179 cm³/mol. The second kappa shape index (κ2) is 12.4. The van der Waals surface area contributed by atoms with Crippen LogP contribution in [-0.2, 0) is 6.18 Å². The monoisotopic (exact) mass is 604 g/mol. The van der Waals surface area contributed by atoms with Crippen LogP contribution in [0.2, 0.25) is 0 Å². The molecule has 0 saturated heterocycles. The molecule has 0 aliphatic heterocycles. The van der Waals surface area contributed by atoms with Crippen LogP contribution in [0.25, 0.3) is 54.9 Å². The molecule has 212 valence electrons. The summed E-state index contributed by atoms with van der Waals surface area (Å²) >= 11 is 3.56. The summed E-state index contributed by atoms with van der Waals surface area (Å²) in [6.45, 7) is 2.10. The highest BCUT2D eigenvalue weighted by Crippen LogP contribution is 2.40. The van der Waals surface area contributed by atoms with Gasteiger partial charge in [-0.3, -0.25) is 0 Å². The topological polar surface area (TPSA) is 0 Å². The fourth-order valence-electron chi connectivity index (χ4n) is 4.61. The summed E-state index contributed by atoms with van der Waals surface area (Å²) in [5, 5.41) is 0. The van der Waals surface area contributed by atoms with Crippen molar-refractivity contribution in [2.24, 2.45) is 0 Å². The van der Waals surface area contributed by atoms with Gasteiger partial charge < -0.3 is 0 Å². The summed E-state index contributed by atoms with van der Waals surface area (Å²) in [6.07, 6.45) is 3.69. The lowest BCUT2D eigenvalue weighted by Gasteiger charge is -2.05. The van der Waals surface area contributed by atoms with Crippen LogP contribution in [0.3, 0.4) is 0 Å². The molecule has 0 amide bonds. The van der Waals surface area contributed by atoms with Gasteiger partial charge in [-0.05, 0) is 76.7 Å². The maximum Gasteiger partial charge on any atom is 0.416 e. The van der Waals surface area contributed by atoms with E-state index in [2.05, 4.69) is 104 Å². The molecule has 43 heavy (non-hydrogen) atoms. The lowest BCUT2D eigenvalue weighted by Crippen LogP contribution is -2.03. The van der Waals surface area contributed by atoms with E-state index in [4.69, 9.17) is 0 Å². The van der Waals surface area contributed by atoms with Crippen molar-refractivity contribution < 1.29 is 13.2 Å². The summed E-state index contributed by atoms with van der Waals surface area (Å²) < 4.78 is 38.3. The summed E-state index contributed by atoms with van der Waals surface area (Å²) in [7, 11) is 0.